The summed E-state index contributed by atoms with van der Waals surface area (Å²) < 4.78 is 13.2. The highest BCUT2D eigenvalue weighted by Gasteiger charge is 2.10. The van der Waals surface area contributed by atoms with Crippen molar-refractivity contribution < 1.29 is 9.47 Å². The number of hydrogen-bond donors (Lipinski definition) is 1. The van der Waals surface area contributed by atoms with Crippen molar-refractivity contribution >= 4 is 21.9 Å². The van der Waals surface area contributed by atoms with Gasteiger partial charge in [0.05, 0.1) is 14.2 Å². The van der Waals surface area contributed by atoms with Crippen LogP contribution in [0.1, 0.15) is 12.5 Å². The zero-order valence-electron chi connectivity index (χ0n) is 11.6. The monoisotopic (exact) mass is 341 g/mol. The lowest BCUT2D eigenvalue weighted by Gasteiger charge is -2.12. The Labute approximate surface area is 125 Å². The maximum Gasteiger partial charge on any atom is 0.243 e. The average Bonchev–Trinajstić information content (AvgIpc) is 2.93. The standard InChI is InChI=1S/C12H16BrN5O2/c1-4-18-12(15-16-17-18)14-7-8-5-10(19-2)11(20-3)6-9(8)13/h5-6H,4,7H2,1-3H3,(H,14,15,17). The molecule has 0 aliphatic rings. The molecule has 0 unspecified atom stereocenters. The Kier molecular flexibility index (Phi) is 4.78. The van der Waals surface area contributed by atoms with Gasteiger partial charge in [0.1, 0.15) is 0 Å². The highest BCUT2D eigenvalue weighted by molar-refractivity contribution is 9.10. The molecule has 2 rings (SSSR count). The van der Waals surface area contributed by atoms with E-state index in [1.54, 1.807) is 18.9 Å². The molecule has 0 amide bonds. The van der Waals surface area contributed by atoms with Crippen molar-refractivity contribution in [1.29, 1.82) is 0 Å². The van der Waals surface area contributed by atoms with Crippen LogP contribution >= 0.6 is 15.9 Å². The van der Waals surface area contributed by atoms with Gasteiger partial charge in [0, 0.05) is 17.6 Å². The summed E-state index contributed by atoms with van der Waals surface area (Å²) in [6.07, 6.45) is 0. The van der Waals surface area contributed by atoms with Crippen LogP contribution in [0.5, 0.6) is 11.5 Å². The second-order valence-corrected chi connectivity index (χ2v) is 4.82. The molecular formula is C12H16BrN5O2. The first-order valence-electron chi connectivity index (χ1n) is 6.10. The van der Waals surface area contributed by atoms with Gasteiger partial charge in [0.2, 0.25) is 5.95 Å². The molecule has 1 aromatic carbocycles. The Morgan fingerprint density at radius 3 is 2.60 bits per heavy atom. The zero-order valence-corrected chi connectivity index (χ0v) is 13.1. The Morgan fingerprint density at radius 1 is 1.25 bits per heavy atom. The van der Waals surface area contributed by atoms with Crippen molar-refractivity contribution in [2.24, 2.45) is 0 Å². The zero-order chi connectivity index (χ0) is 14.5. The van der Waals surface area contributed by atoms with E-state index in [-0.39, 0.29) is 0 Å². The summed E-state index contributed by atoms with van der Waals surface area (Å²) in [7, 11) is 3.22. The van der Waals surface area contributed by atoms with Gasteiger partial charge in [0.25, 0.3) is 0 Å². The molecule has 0 bridgehead atoms. The van der Waals surface area contributed by atoms with E-state index in [2.05, 4.69) is 36.8 Å². The number of aromatic nitrogens is 4. The Morgan fingerprint density at radius 2 is 1.95 bits per heavy atom. The average molecular weight is 342 g/mol. The Balaban J connectivity index is 2.17. The van der Waals surface area contributed by atoms with E-state index in [0.717, 1.165) is 10.0 Å². The predicted octanol–water partition coefficient (Wildman–Crippen LogP) is 2.08. The van der Waals surface area contributed by atoms with Crippen LogP contribution in [-0.2, 0) is 13.1 Å². The first-order valence-corrected chi connectivity index (χ1v) is 6.89. The number of nitrogens with one attached hydrogen (secondary N) is 1. The van der Waals surface area contributed by atoms with E-state index in [1.165, 1.54) is 0 Å². The minimum Gasteiger partial charge on any atom is -0.493 e. The number of ether oxygens (including phenoxy) is 2. The van der Waals surface area contributed by atoms with Gasteiger partial charge in [-0.2, -0.15) is 0 Å². The van der Waals surface area contributed by atoms with Crippen molar-refractivity contribution in [2.75, 3.05) is 19.5 Å². The van der Waals surface area contributed by atoms with Crippen LogP contribution in [0.25, 0.3) is 0 Å². The van der Waals surface area contributed by atoms with Gasteiger partial charge in [-0.05, 0) is 35.0 Å². The molecule has 0 radical (unpaired) electrons. The van der Waals surface area contributed by atoms with E-state index >= 15 is 0 Å². The first kappa shape index (κ1) is 14.6. The molecule has 0 saturated carbocycles. The molecule has 1 N–H and O–H groups in total. The van der Waals surface area contributed by atoms with Crippen molar-refractivity contribution in [3.8, 4) is 11.5 Å². The number of anilines is 1. The van der Waals surface area contributed by atoms with Gasteiger partial charge in [0.15, 0.2) is 11.5 Å². The molecule has 8 heteroatoms. The van der Waals surface area contributed by atoms with E-state index in [4.69, 9.17) is 9.47 Å². The van der Waals surface area contributed by atoms with Gasteiger partial charge in [-0.3, -0.25) is 0 Å². The van der Waals surface area contributed by atoms with Crippen LogP contribution in [0.4, 0.5) is 5.95 Å². The molecular weight excluding hydrogens is 326 g/mol. The fraction of sp³-hybridized carbons (Fsp3) is 0.417. The third-order valence-electron chi connectivity index (χ3n) is 2.82. The van der Waals surface area contributed by atoms with Crippen molar-refractivity contribution in [2.45, 2.75) is 20.0 Å². The van der Waals surface area contributed by atoms with Gasteiger partial charge in [-0.1, -0.05) is 21.0 Å². The van der Waals surface area contributed by atoms with Crippen LogP contribution in [0.3, 0.4) is 0 Å². The number of tetrazole rings is 1. The molecule has 1 aromatic heterocycles. The highest BCUT2D eigenvalue weighted by atomic mass is 79.9. The largest absolute Gasteiger partial charge is 0.493 e. The minimum absolute atomic E-state index is 0.571. The quantitative estimate of drug-likeness (QED) is 0.867. The van der Waals surface area contributed by atoms with Crippen molar-refractivity contribution in [3.63, 3.8) is 0 Å². The molecule has 7 nitrogen and oxygen atoms in total. The van der Waals surface area contributed by atoms with Crippen LogP contribution in [0.2, 0.25) is 0 Å². The summed E-state index contributed by atoms with van der Waals surface area (Å²) in [5, 5.41) is 14.6. The molecule has 1 heterocycles. The molecule has 0 atom stereocenters. The smallest absolute Gasteiger partial charge is 0.243 e. The number of halogens is 1. The lowest BCUT2D eigenvalue weighted by atomic mass is 10.2. The summed E-state index contributed by atoms with van der Waals surface area (Å²) in [6.45, 7) is 3.26. The summed E-state index contributed by atoms with van der Waals surface area (Å²) in [6, 6.07) is 3.79. The summed E-state index contributed by atoms with van der Waals surface area (Å²) >= 11 is 3.52. The topological polar surface area (TPSA) is 74.1 Å². The fourth-order valence-corrected chi connectivity index (χ4v) is 2.21. The van der Waals surface area contributed by atoms with Gasteiger partial charge < -0.3 is 14.8 Å². The maximum atomic E-state index is 5.29. The normalized spacial score (nSPS) is 10.4. The van der Waals surface area contributed by atoms with Crippen LogP contribution in [0, 0.1) is 0 Å². The molecule has 2 aromatic rings. The van der Waals surface area contributed by atoms with Gasteiger partial charge in [-0.15, -0.1) is 0 Å². The lowest BCUT2D eigenvalue weighted by molar-refractivity contribution is 0.354. The molecule has 0 aliphatic carbocycles. The number of nitrogens with zero attached hydrogens (tertiary/aromatic N) is 4. The first-order chi connectivity index (χ1) is 9.69. The second kappa shape index (κ2) is 6.56. The van der Waals surface area contributed by atoms with Gasteiger partial charge in [-0.25, -0.2) is 4.68 Å². The summed E-state index contributed by atoms with van der Waals surface area (Å²) in [5.74, 6) is 2.00. The van der Waals surface area contributed by atoms with E-state index in [9.17, 15) is 0 Å². The van der Waals surface area contributed by atoms with E-state index < -0.39 is 0 Å². The highest BCUT2D eigenvalue weighted by Crippen LogP contribution is 2.33. The second-order valence-electron chi connectivity index (χ2n) is 3.97. The Hall–Kier alpha value is -1.83. The number of hydrogen-bond acceptors (Lipinski definition) is 6. The lowest BCUT2D eigenvalue weighted by Crippen LogP contribution is -2.08. The van der Waals surface area contributed by atoms with E-state index in [1.807, 2.05) is 19.1 Å². The molecule has 0 aliphatic heterocycles. The third-order valence-corrected chi connectivity index (χ3v) is 3.56. The third kappa shape index (κ3) is 3.01. The number of methoxy groups -OCH3 is 2. The van der Waals surface area contributed by atoms with Crippen LogP contribution in [-0.4, -0.2) is 34.4 Å². The minimum atomic E-state index is 0.571. The Bertz CT molecular complexity index is 587. The number of benzene rings is 1. The maximum absolute atomic E-state index is 5.29. The molecule has 0 fully saturated rings. The van der Waals surface area contributed by atoms with Crippen LogP contribution in [0.15, 0.2) is 16.6 Å². The van der Waals surface area contributed by atoms with Crippen molar-refractivity contribution in [1.82, 2.24) is 20.2 Å². The summed E-state index contributed by atoms with van der Waals surface area (Å²) in [5.41, 5.74) is 1.02. The van der Waals surface area contributed by atoms with E-state index in [0.29, 0.717) is 30.5 Å². The molecule has 0 spiro atoms. The van der Waals surface area contributed by atoms with Crippen molar-refractivity contribution in [3.05, 3.63) is 22.2 Å². The molecule has 20 heavy (non-hydrogen) atoms. The number of aryl methyl sites for hydroxylation is 1. The van der Waals surface area contributed by atoms with Gasteiger partial charge >= 0.3 is 0 Å². The molecule has 0 saturated heterocycles. The predicted molar refractivity (Wildman–Crippen MR) is 78.1 cm³/mol. The van der Waals surface area contributed by atoms with Crippen LogP contribution < -0.4 is 14.8 Å². The number of rotatable bonds is 6. The fourth-order valence-electron chi connectivity index (χ4n) is 1.75. The molecule has 108 valence electrons. The SMILES string of the molecule is CCn1nnnc1NCc1cc(OC)c(OC)cc1Br. The summed E-state index contributed by atoms with van der Waals surface area (Å²) in [4.78, 5) is 0.